The molecule has 0 aliphatic heterocycles. The largest absolute Gasteiger partial charge is 0.269 e. The molecule has 1 fully saturated rings. The van der Waals surface area contributed by atoms with Gasteiger partial charge in [-0.3, -0.25) is 4.68 Å². The van der Waals surface area contributed by atoms with Crippen molar-refractivity contribution < 1.29 is 0 Å². The van der Waals surface area contributed by atoms with E-state index in [9.17, 15) is 0 Å². The number of nitrogens with zero attached hydrogens (tertiary/aromatic N) is 2. The lowest BCUT2D eigenvalue weighted by Crippen LogP contribution is -2.14. The molecule has 1 aromatic heterocycles. The molecular weight excluding hydrogens is 276 g/mol. The van der Waals surface area contributed by atoms with Gasteiger partial charge < -0.3 is 0 Å². The average Bonchev–Trinajstić information content (AvgIpc) is 2.95. The molecule has 3 heteroatoms. The van der Waals surface area contributed by atoms with E-state index in [2.05, 4.69) is 46.7 Å². The first kappa shape index (κ1) is 13.1. The van der Waals surface area contributed by atoms with Crippen LogP contribution in [0.5, 0.6) is 0 Å². The molecule has 2 rings (SSSR count). The van der Waals surface area contributed by atoms with Gasteiger partial charge in [0.1, 0.15) is 0 Å². The van der Waals surface area contributed by atoms with Crippen molar-refractivity contribution in [3.63, 3.8) is 0 Å². The first-order chi connectivity index (χ1) is 8.20. The lowest BCUT2D eigenvalue weighted by Gasteiger charge is -2.16. The summed E-state index contributed by atoms with van der Waals surface area (Å²) in [7, 11) is 0. The van der Waals surface area contributed by atoms with E-state index in [0.717, 1.165) is 6.42 Å². The highest BCUT2D eigenvalue weighted by Gasteiger charge is 2.19. The molecule has 1 saturated carbocycles. The second-order valence-electron chi connectivity index (χ2n) is 5.28. The normalized spacial score (nSPS) is 20.6. The van der Waals surface area contributed by atoms with Crippen molar-refractivity contribution in [3.8, 4) is 0 Å². The summed E-state index contributed by atoms with van der Waals surface area (Å²) in [6.07, 6.45) is 9.86. The van der Waals surface area contributed by atoms with Crippen molar-refractivity contribution in [1.29, 1.82) is 0 Å². The average molecular weight is 299 g/mol. The monoisotopic (exact) mass is 298 g/mol. The van der Waals surface area contributed by atoms with Gasteiger partial charge in [0.05, 0.1) is 11.7 Å². The van der Waals surface area contributed by atoms with Gasteiger partial charge in [0.25, 0.3) is 0 Å². The molecule has 1 aliphatic carbocycles. The van der Waals surface area contributed by atoms with Gasteiger partial charge in [0.15, 0.2) is 0 Å². The van der Waals surface area contributed by atoms with Gasteiger partial charge in [0, 0.05) is 11.0 Å². The zero-order valence-corrected chi connectivity index (χ0v) is 12.5. The topological polar surface area (TPSA) is 17.8 Å². The summed E-state index contributed by atoms with van der Waals surface area (Å²) in [5, 5.41) is 4.76. The van der Waals surface area contributed by atoms with Crippen LogP contribution in [0.15, 0.2) is 12.3 Å². The minimum Gasteiger partial charge on any atom is -0.269 e. The number of alkyl halides is 1. The Balaban J connectivity index is 1.97. The molecule has 0 radical (unpaired) electrons. The van der Waals surface area contributed by atoms with Crippen molar-refractivity contribution >= 4 is 15.9 Å². The van der Waals surface area contributed by atoms with Gasteiger partial charge in [0.2, 0.25) is 0 Å². The first-order valence-corrected chi connectivity index (χ1v) is 7.80. The fourth-order valence-corrected chi connectivity index (χ4v) is 3.32. The molecule has 2 atom stereocenters. The molecule has 0 N–H and O–H groups in total. The summed E-state index contributed by atoms with van der Waals surface area (Å²) in [6, 6.07) is 2.88. The van der Waals surface area contributed by atoms with E-state index in [4.69, 9.17) is 5.10 Å². The van der Waals surface area contributed by atoms with Crippen LogP contribution in [0.25, 0.3) is 0 Å². The van der Waals surface area contributed by atoms with Crippen LogP contribution in [0.3, 0.4) is 0 Å². The predicted molar refractivity (Wildman–Crippen MR) is 75.6 cm³/mol. The van der Waals surface area contributed by atoms with Gasteiger partial charge in [-0.1, -0.05) is 49.0 Å². The quantitative estimate of drug-likeness (QED) is 0.739. The maximum absolute atomic E-state index is 4.76. The van der Waals surface area contributed by atoms with Crippen molar-refractivity contribution in [2.45, 2.75) is 63.2 Å². The Bertz CT molecular complexity index is 340. The second kappa shape index (κ2) is 6.03. The highest BCUT2D eigenvalue weighted by Crippen LogP contribution is 2.29. The fraction of sp³-hybridized carbons (Fsp3) is 0.786. The highest BCUT2D eigenvalue weighted by atomic mass is 79.9. The second-order valence-corrected chi connectivity index (χ2v) is 6.72. The van der Waals surface area contributed by atoms with Crippen molar-refractivity contribution in [3.05, 3.63) is 18.0 Å². The molecule has 1 aromatic rings. The molecule has 17 heavy (non-hydrogen) atoms. The lowest BCUT2D eigenvalue weighted by molar-refractivity contribution is 0.451. The van der Waals surface area contributed by atoms with Crippen LogP contribution >= 0.6 is 15.9 Å². The van der Waals surface area contributed by atoms with Crippen LogP contribution in [0.4, 0.5) is 0 Å². The van der Waals surface area contributed by atoms with E-state index in [1.165, 1.54) is 37.8 Å². The zero-order valence-electron chi connectivity index (χ0n) is 10.9. The number of aromatic nitrogens is 2. The molecule has 0 spiro atoms. The summed E-state index contributed by atoms with van der Waals surface area (Å²) in [4.78, 5) is 0.573. The van der Waals surface area contributed by atoms with Crippen LogP contribution in [0, 0.1) is 5.92 Å². The smallest absolute Gasteiger partial charge is 0.0627 e. The van der Waals surface area contributed by atoms with Crippen LogP contribution in [-0.4, -0.2) is 14.6 Å². The summed E-state index contributed by atoms with van der Waals surface area (Å²) in [6.45, 7) is 4.50. The fourth-order valence-electron chi connectivity index (χ4n) is 2.76. The van der Waals surface area contributed by atoms with Crippen LogP contribution < -0.4 is 0 Å². The van der Waals surface area contributed by atoms with Crippen LogP contribution in [-0.2, 0) is 6.42 Å². The standard InChI is InChI=1S/C14H23BrN2/c1-3-12(11(2)15)10-13-8-9-17(16-13)14-6-4-5-7-14/h8-9,11-12,14H,3-7,10H2,1-2H3. The Morgan fingerprint density at radius 3 is 2.76 bits per heavy atom. The Labute approximate surface area is 113 Å². The Hall–Kier alpha value is -0.310. The van der Waals surface area contributed by atoms with Gasteiger partial charge >= 0.3 is 0 Å². The Morgan fingerprint density at radius 1 is 1.47 bits per heavy atom. The molecule has 2 unspecified atom stereocenters. The summed E-state index contributed by atoms with van der Waals surface area (Å²) >= 11 is 3.70. The molecule has 2 nitrogen and oxygen atoms in total. The Kier molecular flexibility index (Phi) is 4.66. The van der Waals surface area contributed by atoms with E-state index in [1.807, 2.05) is 0 Å². The van der Waals surface area contributed by atoms with Gasteiger partial charge in [-0.2, -0.15) is 5.10 Å². The highest BCUT2D eigenvalue weighted by molar-refractivity contribution is 9.09. The summed E-state index contributed by atoms with van der Waals surface area (Å²) in [5.41, 5.74) is 1.26. The molecule has 0 aromatic carbocycles. The summed E-state index contributed by atoms with van der Waals surface area (Å²) in [5.74, 6) is 0.696. The molecule has 0 amide bonds. The van der Waals surface area contributed by atoms with Crippen molar-refractivity contribution in [2.24, 2.45) is 5.92 Å². The van der Waals surface area contributed by atoms with Gasteiger partial charge in [-0.15, -0.1) is 0 Å². The lowest BCUT2D eigenvalue weighted by atomic mass is 9.98. The third-order valence-corrected chi connectivity index (χ3v) is 4.76. The molecular formula is C14H23BrN2. The van der Waals surface area contributed by atoms with Crippen molar-refractivity contribution in [1.82, 2.24) is 9.78 Å². The third-order valence-electron chi connectivity index (χ3n) is 4.01. The Morgan fingerprint density at radius 2 is 2.18 bits per heavy atom. The SMILES string of the molecule is CCC(Cc1ccn(C2CCCC2)n1)C(C)Br. The minimum absolute atomic E-state index is 0.573. The predicted octanol–water partition coefficient (Wildman–Crippen LogP) is 4.35. The van der Waals surface area contributed by atoms with E-state index in [0.29, 0.717) is 16.8 Å². The molecule has 0 saturated heterocycles. The maximum atomic E-state index is 4.76. The first-order valence-electron chi connectivity index (χ1n) is 6.88. The van der Waals surface area contributed by atoms with Gasteiger partial charge in [-0.05, 0) is 31.2 Å². The van der Waals surface area contributed by atoms with Crippen molar-refractivity contribution in [2.75, 3.05) is 0 Å². The minimum atomic E-state index is 0.573. The molecule has 1 heterocycles. The van der Waals surface area contributed by atoms with Crippen LogP contribution in [0.2, 0.25) is 0 Å². The molecule has 0 bridgehead atoms. The van der Waals surface area contributed by atoms with E-state index >= 15 is 0 Å². The van der Waals surface area contributed by atoms with E-state index in [-0.39, 0.29) is 0 Å². The zero-order chi connectivity index (χ0) is 12.3. The third kappa shape index (κ3) is 3.34. The number of hydrogen-bond acceptors (Lipinski definition) is 1. The number of hydrogen-bond donors (Lipinski definition) is 0. The van der Waals surface area contributed by atoms with Crippen LogP contribution in [0.1, 0.15) is 57.7 Å². The van der Waals surface area contributed by atoms with E-state index in [1.54, 1.807) is 0 Å². The maximum Gasteiger partial charge on any atom is 0.0627 e. The molecule has 1 aliphatic rings. The van der Waals surface area contributed by atoms with Gasteiger partial charge in [-0.25, -0.2) is 0 Å². The number of rotatable bonds is 5. The molecule has 96 valence electrons. The number of halogens is 1. The summed E-state index contributed by atoms with van der Waals surface area (Å²) < 4.78 is 2.20. The van der Waals surface area contributed by atoms with E-state index < -0.39 is 0 Å².